The highest BCUT2D eigenvalue weighted by atomic mass is 15.0. The number of imidazole rings is 1. The monoisotopic (exact) mass is 138 g/mol. The normalized spacial score (nSPS) is 10.1. The van der Waals surface area contributed by atoms with Crippen LogP contribution in [-0.2, 0) is 6.54 Å². The summed E-state index contributed by atoms with van der Waals surface area (Å²) in [5.74, 6) is 0. The number of nitrogens with one attached hydrogen (secondary N) is 1. The Balaban J connectivity index is 2.15. The third-order valence-corrected chi connectivity index (χ3v) is 1.33. The van der Waals surface area contributed by atoms with Crippen molar-refractivity contribution >= 4 is 0 Å². The molecule has 0 aliphatic heterocycles. The van der Waals surface area contributed by atoms with E-state index in [1.54, 1.807) is 6.20 Å². The van der Waals surface area contributed by atoms with Gasteiger partial charge in [0.1, 0.15) is 0 Å². The number of hydrogen-bond donors (Lipinski definition) is 1. The standard InChI is InChI=1S/C7H12N3/c1-8-3-2-5-10-6-4-9-7-10/h4,6-8H,1-3,5H2. The summed E-state index contributed by atoms with van der Waals surface area (Å²) in [6.07, 6.45) is 6.67. The molecule has 0 fully saturated rings. The first-order valence-electron chi connectivity index (χ1n) is 3.39. The maximum atomic E-state index is 3.93. The van der Waals surface area contributed by atoms with E-state index in [2.05, 4.69) is 21.9 Å². The Morgan fingerprint density at radius 3 is 3.10 bits per heavy atom. The summed E-state index contributed by atoms with van der Waals surface area (Å²) < 4.78 is 2.05. The predicted molar refractivity (Wildman–Crippen MR) is 40.2 cm³/mol. The van der Waals surface area contributed by atoms with Gasteiger partial charge in [-0.3, -0.25) is 0 Å². The second kappa shape index (κ2) is 4.06. The quantitative estimate of drug-likeness (QED) is 0.619. The van der Waals surface area contributed by atoms with Gasteiger partial charge in [-0.05, 0) is 13.0 Å². The molecule has 1 heterocycles. The largest absolute Gasteiger partial charge is 0.337 e. The van der Waals surface area contributed by atoms with Gasteiger partial charge in [0.2, 0.25) is 0 Å². The van der Waals surface area contributed by atoms with Gasteiger partial charge in [-0.25, -0.2) is 4.98 Å². The number of nitrogens with zero attached hydrogens (tertiary/aromatic N) is 2. The van der Waals surface area contributed by atoms with E-state index in [1.165, 1.54) is 0 Å². The average Bonchev–Trinajstić information content (AvgIpc) is 2.41. The van der Waals surface area contributed by atoms with Crippen molar-refractivity contribution in [2.24, 2.45) is 0 Å². The van der Waals surface area contributed by atoms with Crippen LogP contribution in [0, 0.1) is 7.05 Å². The molecule has 3 heteroatoms. The highest BCUT2D eigenvalue weighted by Crippen LogP contribution is 1.88. The molecule has 0 atom stereocenters. The molecule has 1 aromatic rings. The van der Waals surface area contributed by atoms with Crippen molar-refractivity contribution in [3.8, 4) is 0 Å². The lowest BCUT2D eigenvalue weighted by Crippen LogP contribution is -2.07. The minimum Gasteiger partial charge on any atom is -0.337 e. The number of aromatic nitrogens is 2. The maximum absolute atomic E-state index is 3.93. The molecule has 1 rings (SSSR count). The Morgan fingerprint density at radius 2 is 2.50 bits per heavy atom. The number of rotatable bonds is 4. The smallest absolute Gasteiger partial charge is 0.0945 e. The maximum Gasteiger partial charge on any atom is 0.0945 e. The predicted octanol–water partition coefficient (Wildman–Crippen LogP) is 0.654. The molecule has 1 aromatic heterocycles. The molecule has 0 saturated carbocycles. The third-order valence-electron chi connectivity index (χ3n) is 1.33. The fourth-order valence-electron chi connectivity index (χ4n) is 0.806. The van der Waals surface area contributed by atoms with E-state index in [9.17, 15) is 0 Å². The molecule has 0 aliphatic rings. The lowest BCUT2D eigenvalue weighted by Gasteiger charge is -1.99. The molecule has 0 unspecified atom stereocenters. The fourth-order valence-corrected chi connectivity index (χ4v) is 0.806. The van der Waals surface area contributed by atoms with Gasteiger partial charge in [-0.2, -0.15) is 0 Å². The van der Waals surface area contributed by atoms with Crippen LogP contribution in [0.3, 0.4) is 0 Å². The Bertz CT molecular complexity index is 157. The van der Waals surface area contributed by atoms with E-state index in [0.717, 1.165) is 19.5 Å². The van der Waals surface area contributed by atoms with Crippen molar-refractivity contribution in [3.63, 3.8) is 0 Å². The molecule has 3 nitrogen and oxygen atoms in total. The van der Waals surface area contributed by atoms with Crippen molar-refractivity contribution in [3.05, 3.63) is 25.8 Å². The summed E-state index contributed by atoms with van der Waals surface area (Å²) in [7, 11) is 3.53. The number of aryl methyl sites for hydroxylation is 1. The molecule has 0 spiro atoms. The van der Waals surface area contributed by atoms with Crippen LogP contribution < -0.4 is 5.32 Å². The Labute approximate surface area is 61.1 Å². The van der Waals surface area contributed by atoms with Crippen LogP contribution in [0.1, 0.15) is 6.42 Å². The van der Waals surface area contributed by atoms with Gasteiger partial charge in [0.25, 0.3) is 0 Å². The summed E-state index contributed by atoms with van der Waals surface area (Å²) >= 11 is 0. The van der Waals surface area contributed by atoms with Gasteiger partial charge in [0.15, 0.2) is 0 Å². The molecular formula is C7H12N3. The van der Waals surface area contributed by atoms with Crippen LogP contribution in [0.5, 0.6) is 0 Å². The molecule has 0 amide bonds. The molecule has 0 saturated heterocycles. The first-order chi connectivity index (χ1) is 4.93. The van der Waals surface area contributed by atoms with Gasteiger partial charge in [-0.15, -0.1) is 0 Å². The van der Waals surface area contributed by atoms with Crippen molar-refractivity contribution in [2.75, 3.05) is 6.54 Å². The van der Waals surface area contributed by atoms with E-state index < -0.39 is 0 Å². The van der Waals surface area contributed by atoms with E-state index in [4.69, 9.17) is 0 Å². The minimum atomic E-state index is 0.957. The lowest BCUT2D eigenvalue weighted by molar-refractivity contribution is 0.622. The Hall–Kier alpha value is -0.830. The highest BCUT2D eigenvalue weighted by molar-refractivity contribution is 4.73. The van der Waals surface area contributed by atoms with Crippen molar-refractivity contribution < 1.29 is 0 Å². The van der Waals surface area contributed by atoms with Crippen molar-refractivity contribution in [1.29, 1.82) is 0 Å². The van der Waals surface area contributed by atoms with Gasteiger partial charge in [0.05, 0.1) is 6.33 Å². The minimum absolute atomic E-state index is 0.957. The summed E-state index contributed by atoms with van der Waals surface area (Å²) in [6, 6.07) is 0. The van der Waals surface area contributed by atoms with Crippen molar-refractivity contribution in [1.82, 2.24) is 14.9 Å². The second-order valence-corrected chi connectivity index (χ2v) is 2.15. The summed E-state index contributed by atoms with van der Waals surface area (Å²) in [4.78, 5) is 3.93. The Kier molecular flexibility index (Phi) is 2.96. The Morgan fingerprint density at radius 1 is 1.60 bits per heavy atom. The van der Waals surface area contributed by atoms with E-state index >= 15 is 0 Å². The summed E-state index contributed by atoms with van der Waals surface area (Å²) in [5, 5.41) is 2.85. The summed E-state index contributed by atoms with van der Waals surface area (Å²) in [5.41, 5.74) is 0. The fraction of sp³-hybridized carbons (Fsp3) is 0.429. The molecular weight excluding hydrogens is 126 g/mol. The van der Waals surface area contributed by atoms with Crippen LogP contribution in [0.4, 0.5) is 0 Å². The zero-order valence-electron chi connectivity index (χ0n) is 5.95. The van der Waals surface area contributed by atoms with Crippen LogP contribution in [0.25, 0.3) is 0 Å². The van der Waals surface area contributed by atoms with E-state index in [1.807, 2.05) is 12.5 Å². The van der Waals surface area contributed by atoms with Crippen molar-refractivity contribution in [2.45, 2.75) is 13.0 Å². The van der Waals surface area contributed by atoms with Crippen LogP contribution in [-0.4, -0.2) is 16.1 Å². The van der Waals surface area contributed by atoms with Crippen LogP contribution in [0.15, 0.2) is 18.7 Å². The lowest BCUT2D eigenvalue weighted by atomic mass is 10.4. The molecule has 0 aromatic carbocycles. The highest BCUT2D eigenvalue weighted by Gasteiger charge is 1.87. The van der Waals surface area contributed by atoms with Gasteiger partial charge in [-0.1, -0.05) is 0 Å². The van der Waals surface area contributed by atoms with Crippen LogP contribution in [0.2, 0.25) is 0 Å². The number of hydrogen-bond acceptors (Lipinski definition) is 2. The topological polar surface area (TPSA) is 29.9 Å². The van der Waals surface area contributed by atoms with E-state index in [0.29, 0.717) is 0 Å². The first kappa shape index (κ1) is 7.28. The third kappa shape index (κ3) is 2.19. The first-order valence-corrected chi connectivity index (χ1v) is 3.39. The van der Waals surface area contributed by atoms with Gasteiger partial charge >= 0.3 is 0 Å². The SMILES string of the molecule is [CH2]NCCCn1ccnc1. The molecule has 1 N–H and O–H groups in total. The summed E-state index contributed by atoms with van der Waals surface area (Å²) in [6.45, 7) is 1.97. The zero-order chi connectivity index (χ0) is 7.23. The molecule has 55 valence electrons. The second-order valence-electron chi connectivity index (χ2n) is 2.15. The van der Waals surface area contributed by atoms with E-state index in [-0.39, 0.29) is 0 Å². The molecule has 10 heavy (non-hydrogen) atoms. The average molecular weight is 138 g/mol. The van der Waals surface area contributed by atoms with Gasteiger partial charge in [0, 0.05) is 26.0 Å². The molecule has 1 radical (unpaired) electrons. The van der Waals surface area contributed by atoms with Gasteiger partial charge < -0.3 is 9.88 Å². The molecule has 0 aliphatic carbocycles. The molecule has 0 bridgehead atoms. The van der Waals surface area contributed by atoms with Crippen LogP contribution >= 0.6 is 0 Å². The zero-order valence-corrected chi connectivity index (χ0v) is 5.95.